The molecule has 0 bridgehead atoms. The van der Waals surface area contributed by atoms with E-state index in [1.165, 1.54) is 0 Å². The van der Waals surface area contributed by atoms with Crippen LogP contribution in [0.2, 0.25) is 0 Å². The van der Waals surface area contributed by atoms with Crippen LogP contribution < -0.4 is 10.6 Å². The summed E-state index contributed by atoms with van der Waals surface area (Å²) >= 11 is 0. The maximum Gasteiger partial charge on any atom is 0.407 e. The molecule has 1 aromatic carbocycles. The molecule has 2 rings (SSSR count). The molecule has 0 aliphatic carbocycles. The van der Waals surface area contributed by atoms with Crippen LogP contribution in [-0.4, -0.2) is 34.8 Å². The summed E-state index contributed by atoms with van der Waals surface area (Å²) < 4.78 is 7.47. The number of carbonyl (C=O) groups excluding carboxylic acids is 2. The van der Waals surface area contributed by atoms with Gasteiger partial charge in [-0.2, -0.15) is 0 Å². The zero-order valence-electron chi connectivity index (χ0n) is 17.8. The number of nitrogens with one attached hydrogen (secondary N) is 2. The van der Waals surface area contributed by atoms with Gasteiger partial charge >= 0.3 is 6.09 Å². The number of para-hydroxylation sites is 1. The molecule has 0 aliphatic heterocycles. The lowest BCUT2D eigenvalue weighted by Crippen LogP contribution is -2.48. The smallest absolute Gasteiger partial charge is 0.407 e. The Kier molecular flexibility index (Phi) is 7.11. The predicted molar refractivity (Wildman–Crippen MR) is 112 cm³/mol. The fourth-order valence-corrected chi connectivity index (χ4v) is 3.10. The van der Waals surface area contributed by atoms with Crippen LogP contribution in [0.5, 0.6) is 0 Å². The van der Waals surface area contributed by atoms with Gasteiger partial charge in [0.1, 0.15) is 5.60 Å². The van der Waals surface area contributed by atoms with Crippen LogP contribution in [-0.2, 0) is 22.5 Å². The molecule has 6 heteroatoms. The first-order valence-corrected chi connectivity index (χ1v) is 9.93. The Labute approximate surface area is 167 Å². The summed E-state index contributed by atoms with van der Waals surface area (Å²) in [6.07, 6.45) is 1.89. The van der Waals surface area contributed by atoms with Crippen LogP contribution >= 0.6 is 0 Å². The molecule has 1 aromatic heterocycles. The van der Waals surface area contributed by atoms with Crippen LogP contribution in [0.4, 0.5) is 4.79 Å². The quantitative estimate of drug-likeness (QED) is 0.757. The number of ether oxygens (including phenoxy) is 1. The van der Waals surface area contributed by atoms with Gasteiger partial charge in [-0.15, -0.1) is 0 Å². The number of hydrogen-bond acceptors (Lipinski definition) is 3. The number of nitrogens with zero attached hydrogens (tertiary/aromatic N) is 1. The number of hydrogen-bond donors (Lipinski definition) is 2. The van der Waals surface area contributed by atoms with Crippen LogP contribution in [0.15, 0.2) is 30.5 Å². The van der Waals surface area contributed by atoms with Crippen molar-refractivity contribution in [1.29, 1.82) is 0 Å². The molecule has 154 valence electrons. The second-order valence-electron chi connectivity index (χ2n) is 8.44. The molecular weight excluding hydrogens is 354 g/mol. The molecule has 0 saturated heterocycles. The average Bonchev–Trinajstić information content (AvgIpc) is 2.94. The van der Waals surface area contributed by atoms with Gasteiger partial charge in [-0.05, 0) is 45.2 Å². The highest BCUT2D eigenvalue weighted by atomic mass is 16.6. The normalized spacial score (nSPS) is 12.8. The minimum Gasteiger partial charge on any atom is -0.444 e. The van der Waals surface area contributed by atoms with E-state index in [1.807, 2.05) is 59.0 Å². The highest BCUT2D eigenvalue weighted by molar-refractivity contribution is 5.89. The van der Waals surface area contributed by atoms with Crippen molar-refractivity contribution >= 4 is 22.9 Å². The summed E-state index contributed by atoms with van der Waals surface area (Å²) in [7, 11) is 0. The summed E-state index contributed by atoms with van der Waals surface area (Å²) in [6.45, 7) is 12.8. The highest BCUT2D eigenvalue weighted by Crippen LogP contribution is 2.21. The van der Waals surface area contributed by atoms with E-state index in [1.54, 1.807) is 0 Å². The zero-order valence-corrected chi connectivity index (χ0v) is 17.8. The molecule has 2 amide bonds. The summed E-state index contributed by atoms with van der Waals surface area (Å²) in [5, 5.41) is 6.91. The fraction of sp³-hybridized carbons (Fsp3) is 0.545. The monoisotopic (exact) mass is 387 g/mol. The standard InChI is InChI=1S/C22H33N3O3/c1-7-25-14-16(17-10-8-9-11-19(17)25)12-20(26)23-13-18(15(2)3)24-21(27)28-22(4,5)6/h8-11,14-15,18H,7,12-13H2,1-6H3,(H,23,26)(H,24,27). The summed E-state index contributed by atoms with van der Waals surface area (Å²) in [5.41, 5.74) is 1.60. The lowest BCUT2D eigenvalue weighted by Gasteiger charge is -2.26. The number of amides is 2. The van der Waals surface area contributed by atoms with Crippen molar-refractivity contribution in [2.45, 2.75) is 66.2 Å². The summed E-state index contributed by atoms with van der Waals surface area (Å²) in [5.74, 6) is 0.102. The molecular formula is C22H33N3O3. The van der Waals surface area contributed by atoms with E-state index in [0.717, 1.165) is 23.0 Å². The Morgan fingerprint density at radius 2 is 1.86 bits per heavy atom. The molecule has 0 radical (unpaired) electrons. The van der Waals surface area contributed by atoms with Crippen LogP contribution in [0.3, 0.4) is 0 Å². The van der Waals surface area contributed by atoms with E-state index in [4.69, 9.17) is 4.74 Å². The van der Waals surface area contributed by atoms with Crippen molar-refractivity contribution < 1.29 is 14.3 Å². The third-order valence-electron chi connectivity index (χ3n) is 4.59. The van der Waals surface area contributed by atoms with Crippen molar-refractivity contribution in [2.24, 2.45) is 5.92 Å². The Bertz CT molecular complexity index is 818. The Morgan fingerprint density at radius 1 is 1.18 bits per heavy atom. The molecule has 0 fully saturated rings. The van der Waals surface area contributed by atoms with Crippen molar-refractivity contribution in [3.8, 4) is 0 Å². The van der Waals surface area contributed by atoms with Gasteiger partial charge in [0.2, 0.25) is 5.91 Å². The number of rotatable bonds is 7. The van der Waals surface area contributed by atoms with Gasteiger partial charge in [-0.25, -0.2) is 4.79 Å². The molecule has 28 heavy (non-hydrogen) atoms. The largest absolute Gasteiger partial charge is 0.444 e. The first kappa shape index (κ1) is 21.8. The highest BCUT2D eigenvalue weighted by Gasteiger charge is 2.22. The maximum atomic E-state index is 12.5. The topological polar surface area (TPSA) is 72.4 Å². The van der Waals surface area contributed by atoms with Crippen LogP contribution in [0.1, 0.15) is 47.1 Å². The SMILES string of the molecule is CCn1cc(CC(=O)NCC(NC(=O)OC(C)(C)C)C(C)C)c2ccccc21. The number of benzene rings is 1. The number of aryl methyl sites for hydroxylation is 1. The molecule has 6 nitrogen and oxygen atoms in total. The van der Waals surface area contributed by atoms with Crippen molar-refractivity contribution in [3.05, 3.63) is 36.0 Å². The van der Waals surface area contributed by atoms with Crippen molar-refractivity contribution in [3.63, 3.8) is 0 Å². The van der Waals surface area contributed by atoms with E-state index < -0.39 is 11.7 Å². The predicted octanol–water partition coefficient (Wildman–Crippen LogP) is 3.87. The zero-order chi connectivity index (χ0) is 20.9. The van der Waals surface area contributed by atoms with Gasteiger partial charge in [0, 0.05) is 30.2 Å². The molecule has 0 spiro atoms. The van der Waals surface area contributed by atoms with Crippen molar-refractivity contribution in [2.75, 3.05) is 6.54 Å². The van der Waals surface area contributed by atoms with Gasteiger partial charge < -0.3 is 19.9 Å². The second kappa shape index (κ2) is 9.13. The van der Waals surface area contributed by atoms with Gasteiger partial charge in [0.05, 0.1) is 12.5 Å². The van der Waals surface area contributed by atoms with E-state index >= 15 is 0 Å². The fourth-order valence-electron chi connectivity index (χ4n) is 3.10. The first-order chi connectivity index (χ1) is 13.1. The van der Waals surface area contributed by atoms with Gasteiger partial charge in [-0.1, -0.05) is 32.0 Å². The van der Waals surface area contributed by atoms with E-state index in [2.05, 4.69) is 28.2 Å². The minimum atomic E-state index is -0.553. The van der Waals surface area contributed by atoms with Gasteiger partial charge in [0.25, 0.3) is 0 Å². The maximum absolute atomic E-state index is 12.5. The summed E-state index contributed by atoms with van der Waals surface area (Å²) in [4.78, 5) is 24.6. The minimum absolute atomic E-state index is 0.0596. The first-order valence-electron chi connectivity index (χ1n) is 9.93. The Balaban J connectivity index is 1.97. The Hall–Kier alpha value is -2.50. The van der Waals surface area contributed by atoms with E-state index in [-0.39, 0.29) is 17.9 Å². The Morgan fingerprint density at radius 3 is 2.46 bits per heavy atom. The van der Waals surface area contributed by atoms with Crippen LogP contribution in [0.25, 0.3) is 10.9 Å². The third-order valence-corrected chi connectivity index (χ3v) is 4.59. The lowest BCUT2D eigenvalue weighted by atomic mass is 10.0. The summed E-state index contributed by atoms with van der Waals surface area (Å²) in [6, 6.07) is 7.91. The lowest BCUT2D eigenvalue weighted by molar-refractivity contribution is -0.120. The third kappa shape index (κ3) is 6.01. The molecule has 1 atom stereocenters. The molecule has 1 unspecified atom stereocenters. The molecule has 1 heterocycles. The molecule has 2 N–H and O–H groups in total. The van der Waals surface area contributed by atoms with E-state index in [9.17, 15) is 9.59 Å². The molecule has 2 aromatic rings. The molecule has 0 saturated carbocycles. The number of aromatic nitrogens is 1. The van der Waals surface area contributed by atoms with Crippen LogP contribution in [0, 0.1) is 5.92 Å². The van der Waals surface area contributed by atoms with E-state index in [0.29, 0.717) is 13.0 Å². The van der Waals surface area contributed by atoms with Gasteiger partial charge in [-0.3, -0.25) is 4.79 Å². The van der Waals surface area contributed by atoms with Crippen molar-refractivity contribution in [1.82, 2.24) is 15.2 Å². The second-order valence-corrected chi connectivity index (χ2v) is 8.44. The average molecular weight is 388 g/mol. The number of alkyl carbamates (subject to hydrolysis) is 1. The number of fused-ring (bicyclic) bond motifs is 1. The molecule has 0 aliphatic rings. The van der Waals surface area contributed by atoms with Gasteiger partial charge in [0.15, 0.2) is 0 Å². The number of carbonyl (C=O) groups is 2.